The van der Waals surface area contributed by atoms with Gasteiger partial charge < -0.3 is 10.3 Å². The first kappa shape index (κ1) is 15.1. The van der Waals surface area contributed by atoms with Crippen LogP contribution in [0.4, 0.5) is 0 Å². The SMILES string of the molecule is NCc1ccc(Br)c(S(=O)(=O)NCCc2ncno2)c1. The normalized spacial score (nSPS) is 11.7. The summed E-state index contributed by atoms with van der Waals surface area (Å²) in [5.74, 6) is 0.377. The van der Waals surface area contributed by atoms with Crippen molar-refractivity contribution in [1.82, 2.24) is 14.9 Å². The first-order valence-corrected chi connectivity index (χ1v) is 8.04. The molecular formula is C11H13BrN4O3S. The Morgan fingerprint density at radius 2 is 2.20 bits per heavy atom. The second kappa shape index (κ2) is 6.44. The first-order chi connectivity index (χ1) is 9.53. The van der Waals surface area contributed by atoms with Gasteiger partial charge in [-0.2, -0.15) is 4.98 Å². The van der Waals surface area contributed by atoms with Crippen LogP contribution < -0.4 is 10.5 Å². The average molecular weight is 361 g/mol. The molecule has 20 heavy (non-hydrogen) atoms. The zero-order valence-electron chi connectivity index (χ0n) is 10.4. The van der Waals surface area contributed by atoms with E-state index in [1.165, 1.54) is 6.33 Å². The van der Waals surface area contributed by atoms with E-state index in [0.717, 1.165) is 5.56 Å². The van der Waals surface area contributed by atoms with Gasteiger partial charge in [0.25, 0.3) is 0 Å². The van der Waals surface area contributed by atoms with Gasteiger partial charge in [0.1, 0.15) is 0 Å². The number of halogens is 1. The van der Waals surface area contributed by atoms with E-state index in [2.05, 4.69) is 30.8 Å². The van der Waals surface area contributed by atoms with E-state index in [4.69, 9.17) is 10.3 Å². The Kier molecular flexibility index (Phi) is 4.86. The highest BCUT2D eigenvalue weighted by Gasteiger charge is 2.18. The van der Waals surface area contributed by atoms with Gasteiger partial charge in [-0.15, -0.1) is 0 Å². The maximum Gasteiger partial charge on any atom is 0.241 e. The summed E-state index contributed by atoms with van der Waals surface area (Å²) in [5, 5.41) is 3.45. The van der Waals surface area contributed by atoms with Crippen LogP contribution in [0.3, 0.4) is 0 Å². The van der Waals surface area contributed by atoms with Crippen LogP contribution in [-0.2, 0) is 23.0 Å². The molecular weight excluding hydrogens is 348 g/mol. The van der Waals surface area contributed by atoms with E-state index in [0.29, 0.717) is 16.8 Å². The van der Waals surface area contributed by atoms with Crippen LogP contribution in [0, 0.1) is 0 Å². The van der Waals surface area contributed by atoms with Gasteiger partial charge in [0.05, 0.1) is 4.90 Å². The molecule has 0 unspecified atom stereocenters. The fourth-order valence-electron chi connectivity index (χ4n) is 1.56. The molecule has 1 aromatic heterocycles. The quantitative estimate of drug-likeness (QED) is 0.788. The molecule has 108 valence electrons. The molecule has 0 aliphatic rings. The first-order valence-electron chi connectivity index (χ1n) is 5.76. The van der Waals surface area contributed by atoms with E-state index < -0.39 is 10.0 Å². The lowest BCUT2D eigenvalue weighted by molar-refractivity contribution is 0.377. The highest BCUT2D eigenvalue weighted by Crippen LogP contribution is 2.22. The highest BCUT2D eigenvalue weighted by atomic mass is 79.9. The number of nitrogens with two attached hydrogens (primary N) is 1. The minimum absolute atomic E-state index is 0.158. The van der Waals surface area contributed by atoms with Gasteiger partial charge in [-0.05, 0) is 33.6 Å². The largest absolute Gasteiger partial charge is 0.340 e. The van der Waals surface area contributed by atoms with Crippen molar-refractivity contribution in [2.24, 2.45) is 5.73 Å². The molecule has 0 atom stereocenters. The van der Waals surface area contributed by atoms with Gasteiger partial charge in [-0.1, -0.05) is 11.2 Å². The zero-order valence-corrected chi connectivity index (χ0v) is 12.8. The predicted molar refractivity (Wildman–Crippen MR) is 75.2 cm³/mol. The van der Waals surface area contributed by atoms with Crippen molar-refractivity contribution in [3.63, 3.8) is 0 Å². The standard InChI is InChI=1S/C11H13BrN4O3S/c12-9-2-1-8(6-13)5-10(9)20(17,18)16-4-3-11-14-7-15-19-11/h1-2,5,7,16H,3-4,6,13H2. The molecule has 0 spiro atoms. The Labute approximate surface area is 124 Å². The fourth-order valence-corrected chi connectivity index (χ4v) is 3.60. The van der Waals surface area contributed by atoms with Crippen molar-refractivity contribution in [1.29, 1.82) is 0 Å². The number of nitrogens with one attached hydrogen (secondary N) is 1. The minimum Gasteiger partial charge on any atom is -0.340 e. The molecule has 0 saturated heterocycles. The van der Waals surface area contributed by atoms with Crippen LogP contribution >= 0.6 is 15.9 Å². The Balaban J connectivity index is 2.09. The number of nitrogens with zero attached hydrogens (tertiary/aromatic N) is 2. The predicted octanol–water partition coefficient (Wildman–Crippen LogP) is 0.812. The maximum absolute atomic E-state index is 12.2. The molecule has 3 N–H and O–H groups in total. The lowest BCUT2D eigenvalue weighted by Crippen LogP contribution is -2.26. The van der Waals surface area contributed by atoms with Crippen molar-refractivity contribution in [2.75, 3.05) is 6.54 Å². The Hall–Kier alpha value is -1.29. The molecule has 2 aromatic rings. The third kappa shape index (κ3) is 3.63. The molecule has 1 heterocycles. The third-order valence-electron chi connectivity index (χ3n) is 2.56. The lowest BCUT2D eigenvalue weighted by atomic mass is 10.2. The molecule has 1 aromatic carbocycles. The van der Waals surface area contributed by atoms with Crippen molar-refractivity contribution in [3.8, 4) is 0 Å². The second-order valence-corrected chi connectivity index (χ2v) is 6.54. The van der Waals surface area contributed by atoms with Gasteiger partial charge >= 0.3 is 0 Å². The number of aromatic nitrogens is 2. The van der Waals surface area contributed by atoms with Gasteiger partial charge in [0, 0.05) is 24.0 Å². The number of benzene rings is 1. The Bertz CT molecular complexity index is 673. The molecule has 9 heteroatoms. The minimum atomic E-state index is -3.62. The summed E-state index contributed by atoms with van der Waals surface area (Å²) in [5.41, 5.74) is 6.26. The van der Waals surface area contributed by atoms with E-state index in [1.54, 1.807) is 18.2 Å². The van der Waals surface area contributed by atoms with Crippen LogP contribution in [0.5, 0.6) is 0 Å². The van der Waals surface area contributed by atoms with Gasteiger partial charge in [-0.3, -0.25) is 0 Å². The topological polar surface area (TPSA) is 111 Å². The molecule has 0 fully saturated rings. The summed E-state index contributed by atoms with van der Waals surface area (Å²) in [7, 11) is -3.62. The number of sulfonamides is 1. The third-order valence-corrected chi connectivity index (χ3v) is 5.01. The number of rotatable bonds is 6. The molecule has 0 bridgehead atoms. The Morgan fingerprint density at radius 3 is 2.85 bits per heavy atom. The zero-order chi connectivity index (χ0) is 14.6. The molecule has 0 aliphatic carbocycles. The summed E-state index contributed by atoms with van der Waals surface area (Å²) >= 11 is 3.23. The van der Waals surface area contributed by atoms with Crippen LogP contribution in [0.1, 0.15) is 11.5 Å². The summed E-state index contributed by atoms with van der Waals surface area (Å²) in [4.78, 5) is 3.97. The van der Waals surface area contributed by atoms with Crippen molar-refractivity contribution < 1.29 is 12.9 Å². The summed E-state index contributed by atoms with van der Waals surface area (Å²) < 4.78 is 32.2. The summed E-state index contributed by atoms with van der Waals surface area (Å²) in [6.07, 6.45) is 1.60. The number of hydrogen-bond acceptors (Lipinski definition) is 6. The van der Waals surface area contributed by atoms with Gasteiger partial charge in [-0.25, -0.2) is 13.1 Å². The number of hydrogen-bond donors (Lipinski definition) is 2. The molecule has 7 nitrogen and oxygen atoms in total. The lowest BCUT2D eigenvalue weighted by Gasteiger charge is -2.09. The highest BCUT2D eigenvalue weighted by molar-refractivity contribution is 9.10. The maximum atomic E-state index is 12.2. The molecule has 0 radical (unpaired) electrons. The average Bonchev–Trinajstić information content (AvgIpc) is 2.92. The monoisotopic (exact) mass is 360 g/mol. The fraction of sp³-hybridized carbons (Fsp3) is 0.273. The van der Waals surface area contributed by atoms with Crippen LogP contribution in [0.2, 0.25) is 0 Å². The second-order valence-electron chi connectivity index (χ2n) is 3.95. The van der Waals surface area contributed by atoms with E-state index >= 15 is 0 Å². The summed E-state index contributed by atoms with van der Waals surface area (Å²) in [6.45, 7) is 0.446. The molecule has 0 saturated carbocycles. The Morgan fingerprint density at radius 1 is 1.40 bits per heavy atom. The van der Waals surface area contributed by atoms with E-state index in [1.807, 2.05) is 0 Å². The summed E-state index contributed by atoms with van der Waals surface area (Å²) in [6, 6.07) is 4.97. The molecule has 0 amide bonds. The van der Waals surface area contributed by atoms with Crippen molar-refractivity contribution in [3.05, 3.63) is 40.5 Å². The van der Waals surface area contributed by atoms with Crippen LogP contribution in [0.15, 0.2) is 38.4 Å². The van der Waals surface area contributed by atoms with Crippen LogP contribution in [0.25, 0.3) is 0 Å². The smallest absolute Gasteiger partial charge is 0.241 e. The molecule has 2 rings (SSSR count). The van der Waals surface area contributed by atoms with Crippen molar-refractivity contribution in [2.45, 2.75) is 17.9 Å². The molecule has 0 aliphatic heterocycles. The van der Waals surface area contributed by atoms with Crippen LogP contribution in [-0.4, -0.2) is 25.1 Å². The van der Waals surface area contributed by atoms with Gasteiger partial charge in [0.2, 0.25) is 15.9 Å². The van der Waals surface area contributed by atoms with Crippen molar-refractivity contribution >= 4 is 26.0 Å². The van der Waals surface area contributed by atoms with Gasteiger partial charge in [0.15, 0.2) is 6.33 Å². The van der Waals surface area contributed by atoms with E-state index in [-0.39, 0.29) is 18.0 Å². The van der Waals surface area contributed by atoms with E-state index in [9.17, 15) is 8.42 Å².